The number of nitrogens with one attached hydrogen (secondary N) is 2. The minimum atomic E-state index is -2.68. The zero-order chi connectivity index (χ0) is 35.2. The third kappa shape index (κ3) is 5.25. The molecule has 6 heterocycles. The highest BCUT2D eigenvalue weighted by Gasteiger charge is 2.78. The molecule has 4 fully saturated rings. The number of fused-ring (bicyclic) bond motifs is 3. The van der Waals surface area contributed by atoms with Crippen molar-refractivity contribution < 1.29 is 27.9 Å². The van der Waals surface area contributed by atoms with Crippen molar-refractivity contribution >= 4 is 40.1 Å². The van der Waals surface area contributed by atoms with Gasteiger partial charge in [-0.1, -0.05) is 19.1 Å². The quantitative estimate of drug-likeness (QED) is 0.244. The number of ether oxygens (including phenoxy) is 1. The lowest BCUT2D eigenvalue weighted by Crippen LogP contribution is -2.39. The Labute approximate surface area is 293 Å². The molecule has 5 aliphatic rings. The van der Waals surface area contributed by atoms with E-state index in [0.717, 1.165) is 77.3 Å². The van der Waals surface area contributed by atoms with Gasteiger partial charge in [0.15, 0.2) is 6.23 Å². The second kappa shape index (κ2) is 11.7. The molecule has 1 saturated carbocycles. The molecule has 0 spiro atoms. The molecular formula is C38H41F2N7O4. The zero-order valence-corrected chi connectivity index (χ0v) is 28.8. The summed E-state index contributed by atoms with van der Waals surface area (Å²) in [5, 5.41) is 8.30. The fourth-order valence-corrected chi connectivity index (χ4v) is 8.74. The summed E-state index contributed by atoms with van der Waals surface area (Å²) in [6, 6.07) is 11.8. The largest absolute Gasteiger partial charge is 0.357 e. The van der Waals surface area contributed by atoms with Crippen LogP contribution in [0.15, 0.2) is 42.6 Å². The van der Waals surface area contributed by atoms with Crippen molar-refractivity contribution in [1.82, 2.24) is 25.1 Å². The Hall–Kier alpha value is -4.65. The van der Waals surface area contributed by atoms with Crippen molar-refractivity contribution in [1.29, 1.82) is 0 Å². The summed E-state index contributed by atoms with van der Waals surface area (Å²) in [5.41, 5.74) is 4.66. The van der Waals surface area contributed by atoms with Gasteiger partial charge < -0.3 is 19.5 Å². The van der Waals surface area contributed by atoms with Gasteiger partial charge in [0, 0.05) is 91.2 Å². The molecule has 11 nitrogen and oxygen atoms in total. The number of imide groups is 1. The average Bonchev–Trinajstić information content (AvgIpc) is 3.43. The number of aromatic amines is 1. The maximum atomic E-state index is 14.8. The van der Waals surface area contributed by atoms with Gasteiger partial charge in [-0.05, 0) is 61.4 Å². The van der Waals surface area contributed by atoms with E-state index >= 15 is 0 Å². The normalized spacial score (nSPS) is 27.1. The molecule has 0 radical (unpaired) electrons. The summed E-state index contributed by atoms with van der Waals surface area (Å²) in [6.45, 7) is 3.91. The predicted octanol–water partition coefficient (Wildman–Crippen LogP) is 5.51. The number of pyridine rings is 1. The van der Waals surface area contributed by atoms with E-state index in [9.17, 15) is 23.2 Å². The summed E-state index contributed by atoms with van der Waals surface area (Å²) in [6.07, 6.45) is 5.93. The van der Waals surface area contributed by atoms with Gasteiger partial charge in [0.05, 0.1) is 18.2 Å². The summed E-state index contributed by atoms with van der Waals surface area (Å²) >= 11 is 0. The lowest BCUT2D eigenvalue weighted by atomic mass is 9.87. The minimum absolute atomic E-state index is 0.0491. The maximum Gasteiger partial charge on any atom is 0.258 e. The minimum Gasteiger partial charge on any atom is -0.357 e. The zero-order valence-electron chi connectivity index (χ0n) is 28.8. The predicted molar refractivity (Wildman–Crippen MR) is 185 cm³/mol. The van der Waals surface area contributed by atoms with Crippen molar-refractivity contribution in [2.24, 2.45) is 17.3 Å². The highest BCUT2D eigenvalue weighted by molar-refractivity contribution is 6.01. The van der Waals surface area contributed by atoms with Crippen LogP contribution >= 0.6 is 0 Å². The lowest BCUT2D eigenvalue weighted by Gasteiger charge is -2.33. The van der Waals surface area contributed by atoms with Crippen molar-refractivity contribution in [2.45, 2.75) is 76.4 Å². The number of rotatable bonds is 7. The van der Waals surface area contributed by atoms with Gasteiger partial charge in [-0.15, -0.1) is 0 Å². The Morgan fingerprint density at radius 3 is 2.61 bits per heavy atom. The van der Waals surface area contributed by atoms with Crippen LogP contribution in [0.3, 0.4) is 0 Å². The number of amides is 3. The third-order valence-corrected chi connectivity index (χ3v) is 12.3. The first-order valence-electron chi connectivity index (χ1n) is 18.0. The summed E-state index contributed by atoms with van der Waals surface area (Å²) < 4.78 is 37.3. The molecular weight excluding hydrogens is 656 g/mol. The average molecular weight is 698 g/mol. The van der Waals surface area contributed by atoms with E-state index < -0.39 is 17.3 Å². The number of H-pyrrole nitrogens is 1. The topological polar surface area (TPSA) is 125 Å². The standard InChI is InChI=1S/C38H41F2N7O4/c1-37-19-29-26(18-30(37)38(37,39)40)35(44-47(29)34-11-14-51-34)28-16-22-3-5-24(17-27(22)42-28)45(2)33(49)15-21-9-12-46(13-10-21)31-7-4-23(20-41-31)25-6-8-32(48)43-36(25)50/h3-5,7,16-17,20-21,25,30,34,42H,6,8-15,18-19H2,1-2H3,(H,43,48,50)/t25-,30+,34?,37-/m1/s1. The lowest BCUT2D eigenvalue weighted by molar-refractivity contribution is -0.134. The number of halogens is 2. The molecule has 51 heavy (non-hydrogen) atoms. The van der Waals surface area contributed by atoms with Crippen LogP contribution in [0.2, 0.25) is 0 Å². The first kappa shape index (κ1) is 32.3. The van der Waals surface area contributed by atoms with E-state index in [1.807, 2.05) is 41.1 Å². The monoisotopic (exact) mass is 697 g/mol. The fraction of sp³-hybridized carbons (Fsp3) is 0.500. The highest BCUT2D eigenvalue weighted by Crippen LogP contribution is 2.70. The van der Waals surface area contributed by atoms with E-state index in [1.54, 1.807) is 25.1 Å². The maximum absolute atomic E-state index is 14.8. The Bertz CT molecular complexity index is 2060. The molecule has 4 aromatic rings. The van der Waals surface area contributed by atoms with E-state index in [0.29, 0.717) is 44.4 Å². The van der Waals surface area contributed by atoms with Gasteiger partial charge in [0.25, 0.3) is 5.92 Å². The van der Waals surface area contributed by atoms with Crippen molar-refractivity contribution in [2.75, 3.05) is 36.5 Å². The number of anilines is 2. The molecule has 3 amide bonds. The van der Waals surface area contributed by atoms with Gasteiger partial charge in [-0.3, -0.25) is 19.7 Å². The van der Waals surface area contributed by atoms with Crippen LogP contribution in [0.5, 0.6) is 0 Å². The van der Waals surface area contributed by atoms with Crippen LogP contribution in [0.1, 0.15) is 74.4 Å². The first-order valence-corrected chi connectivity index (χ1v) is 18.0. The van der Waals surface area contributed by atoms with Crippen LogP contribution in [0.25, 0.3) is 22.3 Å². The molecule has 9 rings (SSSR count). The molecule has 2 N–H and O–H groups in total. The Kier molecular flexibility index (Phi) is 7.40. The SMILES string of the molecule is CN(C(=O)CC1CCN(c2ccc([C@H]3CCC(=O)NC3=O)cn2)CC1)c1ccc2cc(-c3nn(C4CCO4)c4c3C[C@@H]3C(F)(F)[C@]3(C)C4)[nH]c2c1. The first-order chi connectivity index (χ1) is 24.5. The molecule has 3 aromatic heterocycles. The van der Waals surface area contributed by atoms with Gasteiger partial charge >= 0.3 is 0 Å². The van der Waals surface area contributed by atoms with Crippen LogP contribution in [0, 0.1) is 17.3 Å². The summed E-state index contributed by atoms with van der Waals surface area (Å²) in [5.74, 6) is -3.05. The molecule has 4 atom stereocenters. The van der Waals surface area contributed by atoms with Gasteiger partial charge in [-0.25, -0.2) is 18.4 Å². The van der Waals surface area contributed by atoms with E-state index in [4.69, 9.17) is 9.84 Å². The fourth-order valence-electron chi connectivity index (χ4n) is 8.74. The van der Waals surface area contributed by atoms with Crippen LogP contribution in [0.4, 0.5) is 20.3 Å². The Morgan fingerprint density at radius 1 is 1.10 bits per heavy atom. The van der Waals surface area contributed by atoms with Crippen molar-refractivity contribution in [3.8, 4) is 11.4 Å². The molecule has 0 bridgehead atoms. The summed E-state index contributed by atoms with van der Waals surface area (Å²) in [4.78, 5) is 49.3. The van der Waals surface area contributed by atoms with E-state index in [1.165, 1.54) is 0 Å². The number of aromatic nitrogens is 4. The van der Waals surface area contributed by atoms with Gasteiger partial charge in [-0.2, -0.15) is 5.10 Å². The van der Waals surface area contributed by atoms with E-state index in [2.05, 4.69) is 20.2 Å². The third-order valence-electron chi connectivity index (χ3n) is 12.3. The number of hydrogen-bond acceptors (Lipinski definition) is 7. The number of alkyl halides is 2. The van der Waals surface area contributed by atoms with Crippen LogP contribution in [-0.4, -0.2) is 70.1 Å². The molecule has 2 aliphatic carbocycles. The second-order valence-corrected chi connectivity index (χ2v) is 15.3. The number of piperidine rings is 2. The molecule has 3 aliphatic heterocycles. The smallest absolute Gasteiger partial charge is 0.258 e. The van der Waals surface area contributed by atoms with E-state index in [-0.39, 0.29) is 35.8 Å². The molecule has 1 aromatic carbocycles. The number of benzene rings is 1. The van der Waals surface area contributed by atoms with Crippen molar-refractivity contribution in [3.05, 3.63) is 59.4 Å². The van der Waals surface area contributed by atoms with Crippen LogP contribution < -0.4 is 15.1 Å². The highest BCUT2D eigenvalue weighted by atomic mass is 19.3. The number of hydrogen-bond donors (Lipinski definition) is 2. The van der Waals surface area contributed by atoms with Gasteiger partial charge in [0.1, 0.15) is 11.5 Å². The van der Waals surface area contributed by atoms with Crippen LogP contribution in [-0.2, 0) is 32.0 Å². The number of carbonyl (C=O) groups excluding carboxylic acids is 3. The molecule has 3 saturated heterocycles. The number of carbonyl (C=O) groups is 3. The summed E-state index contributed by atoms with van der Waals surface area (Å²) in [7, 11) is 1.81. The molecule has 13 heteroatoms. The van der Waals surface area contributed by atoms with Crippen molar-refractivity contribution in [3.63, 3.8) is 0 Å². The molecule has 266 valence electrons. The van der Waals surface area contributed by atoms with Gasteiger partial charge in [0.2, 0.25) is 17.7 Å². The Balaban J connectivity index is 0.850. The Morgan fingerprint density at radius 2 is 1.90 bits per heavy atom. The number of nitrogens with zero attached hydrogens (tertiary/aromatic N) is 5. The second-order valence-electron chi connectivity index (χ2n) is 15.3. The molecule has 1 unspecified atom stereocenters.